The van der Waals surface area contributed by atoms with Gasteiger partial charge in [0.05, 0.1) is 5.56 Å². The second-order valence-corrected chi connectivity index (χ2v) is 7.15. The molecule has 0 saturated carbocycles. The van der Waals surface area contributed by atoms with E-state index in [2.05, 4.69) is 0 Å². The van der Waals surface area contributed by atoms with Gasteiger partial charge in [0.2, 0.25) is 12.6 Å². The van der Waals surface area contributed by atoms with E-state index in [4.69, 9.17) is 23.7 Å². The Morgan fingerprint density at radius 1 is 0.938 bits per heavy atom. The molecule has 2 aliphatic rings. The van der Waals surface area contributed by atoms with Crippen molar-refractivity contribution in [1.29, 1.82) is 0 Å². The minimum Gasteiger partial charge on any atom is -0.482 e. The Bertz CT molecular complexity index is 1210. The molecule has 7 heteroatoms. The minimum absolute atomic E-state index is 0.179. The number of carbonyl (C=O) groups excluding carboxylic acids is 2. The third-order valence-electron chi connectivity index (χ3n) is 4.94. The topological polar surface area (TPSA) is 80.3 Å². The van der Waals surface area contributed by atoms with E-state index in [1.165, 1.54) is 0 Å². The summed E-state index contributed by atoms with van der Waals surface area (Å²) >= 11 is 0. The lowest BCUT2D eigenvalue weighted by molar-refractivity contribution is -0.147. The highest BCUT2D eigenvalue weighted by Crippen LogP contribution is 2.37. The van der Waals surface area contributed by atoms with E-state index in [0.717, 1.165) is 11.1 Å². The van der Waals surface area contributed by atoms with E-state index in [1.807, 2.05) is 36.4 Å². The second kappa shape index (κ2) is 8.47. The van der Waals surface area contributed by atoms with E-state index >= 15 is 0 Å². The molecule has 32 heavy (non-hydrogen) atoms. The number of fused-ring (bicyclic) bond motifs is 2. The molecule has 160 valence electrons. The molecule has 0 aromatic heterocycles. The van der Waals surface area contributed by atoms with Gasteiger partial charge in [-0.2, -0.15) is 0 Å². The number of ether oxygens (including phenoxy) is 5. The number of benzene rings is 3. The van der Waals surface area contributed by atoms with Crippen LogP contribution in [-0.2, 0) is 16.1 Å². The third-order valence-corrected chi connectivity index (χ3v) is 4.94. The summed E-state index contributed by atoms with van der Waals surface area (Å²) in [5.41, 5.74) is 2.08. The molecule has 0 radical (unpaired) electrons. The number of hydrogen-bond acceptors (Lipinski definition) is 7. The van der Waals surface area contributed by atoms with Crippen molar-refractivity contribution in [1.82, 2.24) is 0 Å². The van der Waals surface area contributed by atoms with Gasteiger partial charge in [0.1, 0.15) is 18.1 Å². The first kappa shape index (κ1) is 19.7. The number of esters is 1. The fourth-order valence-electron chi connectivity index (χ4n) is 3.33. The van der Waals surface area contributed by atoms with Gasteiger partial charge in [-0.3, -0.25) is 4.79 Å². The van der Waals surface area contributed by atoms with Crippen molar-refractivity contribution in [2.24, 2.45) is 0 Å². The standard InChI is InChI=1S/C25H18O7/c26-24(29-13-16-4-2-1-3-5-16)14-28-18-7-8-19-21(12-18)32-23(25(19)27)11-17-6-9-20-22(10-17)31-15-30-20/h1-12H,13-15H2. The van der Waals surface area contributed by atoms with Gasteiger partial charge < -0.3 is 23.7 Å². The molecule has 0 spiro atoms. The van der Waals surface area contributed by atoms with Crippen LogP contribution in [0.5, 0.6) is 23.0 Å². The van der Waals surface area contributed by atoms with Crippen LogP contribution in [0.15, 0.2) is 72.5 Å². The number of hydrogen-bond donors (Lipinski definition) is 0. The monoisotopic (exact) mass is 430 g/mol. The van der Waals surface area contributed by atoms with Crippen molar-refractivity contribution in [2.75, 3.05) is 13.4 Å². The third kappa shape index (κ3) is 4.13. The van der Waals surface area contributed by atoms with Crippen molar-refractivity contribution >= 4 is 17.8 Å². The lowest BCUT2D eigenvalue weighted by Crippen LogP contribution is -2.14. The van der Waals surface area contributed by atoms with Crippen molar-refractivity contribution < 1.29 is 33.3 Å². The van der Waals surface area contributed by atoms with Crippen LogP contribution in [0.4, 0.5) is 0 Å². The molecular formula is C25H18O7. The molecule has 5 rings (SSSR count). The zero-order chi connectivity index (χ0) is 21.9. The second-order valence-electron chi connectivity index (χ2n) is 7.15. The Kier molecular flexibility index (Phi) is 5.21. The Morgan fingerprint density at radius 2 is 1.78 bits per heavy atom. The maximum absolute atomic E-state index is 12.7. The summed E-state index contributed by atoms with van der Waals surface area (Å²) in [6, 6.07) is 19.6. The molecule has 0 fully saturated rings. The Labute approximate surface area is 183 Å². The molecule has 7 nitrogen and oxygen atoms in total. The Hall–Kier alpha value is -4.26. The Balaban J connectivity index is 1.21. The molecule has 2 heterocycles. The minimum atomic E-state index is -0.491. The maximum atomic E-state index is 12.7. The normalized spacial score (nSPS) is 14.8. The molecule has 3 aromatic rings. The van der Waals surface area contributed by atoms with E-state index in [9.17, 15) is 9.59 Å². The highest BCUT2D eigenvalue weighted by atomic mass is 16.7. The summed E-state index contributed by atoms with van der Waals surface area (Å²) in [7, 11) is 0. The number of rotatable bonds is 6. The summed E-state index contributed by atoms with van der Waals surface area (Å²) in [5, 5.41) is 0. The van der Waals surface area contributed by atoms with Gasteiger partial charge >= 0.3 is 5.97 Å². The van der Waals surface area contributed by atoms with Gasteiger partial charge in [-0.15, -0.1) is 0 Å². The lowest BCUT2D eigenvalue weighted by atomic mass is 10.1. The predicted octanol–water partition coefficient (Wildman–Crippen LogP) is 4.15. The van der Waals surface area contributed by atoms with Gasteiger partial charge in [0.15, 0.2) is 23.9 Å². The number of allylic oxidation sites excluding steroid dienone is 1. The van der Waals surface area contributed by atoms with E-state index < -0.39 is 5.97 Å². The van der Waals surface area contributed by atoms with Crippen LogP contribution < -0.4 is 18.9 Å². The molecule has 3 aromatic carbocycles. The molecule has 0 atom stereocenters. The fraction of sp³-hybridized carbons (Fsp3) is 0.120. The predicted molar refractivity (Wildman–Crippen MR) is 114 cm³/mol. The summed E-state index contributed by atoms with van der Waals surface area (Å²) in [5.74, 6) is 1.53. The summed E-state index contributed by atoms with van der Waals surface area (Å²) in [4.78, 5) is 24.6. The Morgan fingerprint density at radius 3 is 2.66 bits per heavy atom. The zero-order valence-electron chi connectivity index (χ0n) is 16.9. The highest BCUT2D eigenvalue weighted by molar-refractivity contribution is 6.14. The van der Waals surface area contributed by atoms with Crippen LogP contribution >= 0.6 is 0 Å². The quantitative estimate of drug-likeness (QED) is 0.429. The smallest absolute Gasteiger partial charge is 0.344 e. The molecule has 0 bridgehead atoms. The van der Waals surface area contributed by atoms with Crippen molar-refractivity contribution in [3.8, 4) is 23.0 Å². The SMILES string of the molecule is O=C(COc1ccc2c(c1)OC(=Cc1ccc3c(c1)OCO3)C2=O)OCc1ccccc1. The largest absolute Gasteiger partial charge is 0.482 e. The van der Waals surface area contributed by atoms with Crippen LogP contribution in [0, 0.1) is 0 Å². The van der Waals surface area contributed by atoms with Gasteiger partial charge in [0, 0.05) is 6.07 Å². The van der Waals surface area contributed by atoms with E-state index in [-0.39, 0.29) is 31.5 Å². The maximum Gasteiger partial charge on any atom is 0.344 e. The van der Waals surface area contributed by atoms with Crippen molar-refractivity contribution in [2.45, 2.75) is 6.61 Å². The molecule has 0 unspecified atom stereocenters. The van der Waals surface area contributed by atoms with Gasteiger partial charge in [-0.1, -0.05) is 36.4 Å². The van der Waals surface area contributed by atoms with E-state index in [1.54, 1.807) is 36.4 Å². The van der Waals surface area contributed by atoms with Crippen LogP contribution in [0.25, 0.3) is 6.08 Å². The number of Topliss-reactive ketones (excluding diaryl/α,β-unsaturated/α-hetero) is 1. The lowest BCUT2D eigenvalue weighted by Gasteiger charge is -2.08. The fourth-order valence-corrected chi connectivity index (χ4v) is 3.33. The van der Waals surface area contributed by atoms with Crippen molar-refractivity contribution in [3.05, 3.63) is 89.2 Å². The summed E-state index contributed by atoms with van der Waals surface area (Å²) in [6.45, 7) is 0.108. The molecule has 0 N–H and O–H groups in total. The molecular weight excluding hydrogens is 412 g/mol. The molecule has 0 saturated heterocycles. The van der Waals surface area contributed by atoms with Crippen LogP contribution in [-0.4, -0.2) is 25.2 Å². The van der Waals surface area contributed by atoms with Crippen molar-refractivity contribution in [3.63, 3.8) is 0 Å². The average molecular weight is 430 g/mol. The first-order chi connectivity index (χ1) is 15.7. The number of ketones is 1. The highest BCUT2D eigenvalue weighted by Gasteiger charge is 2.28. The van der Waals surface area contributed by atoms with E-state index in [0.29, 0.717) is 28.6 Å². The van der Waals surface area contributed by atoms with Crippen LogP contribution in [0.2, 0.25) is 0 Å². The molecule has 0 amide bonds. The van der Waals surface area contributed by atoms with Crippen LogP contribution in [0.3, 0.4) is 0 Å². The zero-order valence-corrected chi connectivity index (χ0v) is 16.9. The molecule has 0 aliphatic carbocycles. The van der Waals surface area contributed by atoms with Crippen LogP contribution in [0.1, 0.15) is 21.5 Å². The summed E-state index contributed by atoms with van der Waals surface area (Å²) < 4.78 is 27.1. The van der Waals surface area contributed by atoms with Gasteiger partial charge in [-0.25, -0.2) is 4.79 Å². The van der Waals surface area contributed by atoms with Gasteiger partial charge in [0.25, 0.3) is 0 Å². The summed E-state index contributed by atoms with van der Waals surface area (Å²) in [6.07, 6.45) is 1.64. The van der Waals surface area contributed by atoms with Gasteiger partial charge in [-0.05, 0) is 41.5 Å². The average Bonchev–Trinajstić information content (AvgIpc) is 3.41. The first-order valence-corrected chi connectivity index (χ1v) is 9.96. The number of carbonyl (C=O) groups is 2. The molecule has 2 aliphatic heterocycles. The first-order valence-electron chi connectivity index (χ1n) is 9.96.